The number of benzene rings is 4. The van der Waals surface area contributed by atoms with Gasteiger partial charge in [-0.1, -0.05) is 111 Å². The predicted molar refractivity (Wildman–Crippen MR) is 211 cm³/mol. The minimum Gasteiger partial charge on any atom is -0.508 e. The van der Waals surface area contributed by atoms with Crippen LogP contribution in [-0.2, 0) is 15.6 Å². The van der Waals surface area contributed by atoms with E-state index in [4.69, 9.17) is 19.3 Å². The van der Waals surface area contributed by atoms with Crippen LogP contribution in [0.25, 0.3) is 0 Å². The summed E-state index contributed by atoms with van der Waals surface area (Å²) in [7, 11) is 0. The Bertz CT molecular complexity index is 1640. The van der Waals surface area contributed by atoms with Crippen molar-refractivity contribution >= 4 is 0 Å². The van der Waals surface area contributed by atoms with Crippen LogP contribution >= 0.6 is 0 Å². The van der Waals surface area contributed by atoms with Crippen molar-refractivity contribution in [1.82, 2.24) is 0 Å². The lowest BCUT2D eigenvalue weighted by Crippen LogP contribution is -2.23. The molecule has 7 nitrogen and oxygen atoms in total. The van der Waals surface area contributed by atoms with Crippen molar-refractivity contribution in [3.8, 4) is 23.0 Å². The van der Waals surface area contributed by atoms with Gasteiger partial charge < -0.3 is 34.6 Å². The third-order valence-electron chi connectivity index (χ3n) is 9.49. The van der Waals surface area contributed by atoms with Crippen LogP contribution in [0.3, 0.4) is 0 Å². The molecule has 0 radical (unpaired) electrons. The first-order valence-electron chi connectivity index (χ1n) is 18.6. The zero-order valence-corrected chi connectivity index (χ0v) is 32.7. The smallest absolute Gasteiger partial charge is 0.119 e. The van der Waals surface area contributed by atoms with E-state index < -0.39 is 6.10 Å². The Balaban J connectivity index is 0.000000233. The second-order valence-electron chi connectivity index (χ2n) is 15.5. The van der Waals surface area contributed by atoms with E-state index in [0.29, 0.717) is 18.3 Å². The van der Waals surface area contributed by atoms with E-state index >= 15 is 0 Å². The normalized spacial score (nSPS) is 15.1. The molecular weight excluding hydrogens is 652 g/mol. The van der Waals surface area contributed by atoms with Crippen LogP contribution in [-0.4, -0.2) is 58.6 Å². The Morgan fingerprint density at radius 1 is 0.673 bits per heavy atom. The van der Waals surface area contributed by atoms with Crippen LogP contribution in [0.15, 0.2) is 97.1 Å². The van der Waals surface area contributed by atoms with Gasteiger partial charge in [0.1, 0.15) is 42.3 Å². The van der Waals surface area contributed by atoms with Gasteiger partial charge in [-0.25, -0.2) is 0 Å². The van der Waals surface area contributed by atoms with Gasteiger partial charge in [0, 0.05) is 10.8 Å². The van der Waals surface area contributed by atoms with Crippen LogP contribution in [0, 0.1) is 11.8 Å². The first kappa shape index (κ1) is 42.4. The van der Waals surface area contributed by atoms with E-state index in [-0.39, 0.29) is 41.3 Å². The van der Waals surface area contributed by atoms with Gasteiger partial charge in [0.15, 0.2) is 0 Å². The van der Waals surface area contributed by atoms with Crippen molar-refractivity contribution in [2.24, 2.45) is 11.8 Å². The van der Waals surface area contributed by atoms with E-state index in [1.807, 2.05) is 81.4 Å². The van der Waals surface area contributed by atoms with E-state index in [0.717, 1.165) is 53.2 Å². The van der Waals surface area contributed by atoms with Gasteiger partial charge in [0.25, 0.3) is 0 Å². The van der Waals surface area contributed by atoms with E-state index in [9.17, 15) is 15.3 Å². The summed E-state index contributed by atoms with van der Waals surface area (Å²) >= 11 is 0. The van der Waals surface area contributed by atoms with Gasteiger partial charge in [-0.15, -0.1) is 0 Å². The molecule has 0 amide bonds. The molecule has 0 bridgehead atoms. The second-order valence-corrected chi connectivity index (χ2v) is 15.5. The number of hydrogen-bond acceptors (Lipinski definition) is 7. The van der Waals surface area contributed by atoms with Crippen LogP contribution in [0.1, 0.15) is 97.4 Å². The minimum atomic E-state index is -0.474. The number of aliphatic hydroxyl groups is 2. The Labute approximate surface area is 312 Å². The molecule has 7 heteroatoms. The van der Waals surface area contributed by atoms with Gasteiger partial charge in [-0.3, -0.25) is 0 Å². The van der Waals surface area contributed by atoms with Crippen molar-refractivity contribution in [3.63, 3.8) is 0 Å². The summed E-state index contributed by atoms with van der Waals surface area (Å²) in [6.07, 6.45) is 1.54. The average molecular weight is 715 g/mol. The van der Waals surface area contributed by atoms with Crippen molar-refractivity contribution in [1.29, 1.82) is 0 Å². The molecule has 0 aliphatic carbocycles. The molecule has 3 unspecified atom stereocenters. The molecule has 0 spiro atoms. The summed E-state index contributed by atoms with van der Waals surface area (Å²) < 4.78 is 16.6. The van der Waals surface area contributed by atoms with E-state index in [1.165, 1.54) is 0 Å². The number of epoxide rings is 1. The summed E-state index contributed by atoms with van der Waals surface area (Å²) in [6, 6.07) is 30.7. The van der Waals surface area contributed by atoms with Crippen LogP contribution < -0.4 is 9.47 Å². The van der Waals surface area contributed by atoms with Gasteiger partial charge in [0.2, 0.25) is 0 Å². The maximum Gasteiger partial charge on any atom is 0.119 e. The van der Waals surface area contributed by atoms with Crippen molar-refractivity contribution in [3.05, 3.63) is 119 Å². The van der Waals surface area contributed by atoms with Crippen molar-refractivity contribution in [2.45, 2.75) is 104 Å². The number of hydrogen-bond donors (Lipinski definition) is 4. The molecule has 5 rings (SSSR count). The lowest BCUT2D eigenvalue weighted by Gasteiger charge is -2.27. The molecule has 4 aromatic rings. The molecule has 3 atom stereocenters. The SMILES string of the molecule is CC(C)(c1cccc(O)c1)c1cccc(OCC2CO2)c1.CC(C)C(O)COc1cccc(C(C)(C)c2cccc(O)c2)c1.CCC(O)CC(C)C. The Morgan fingerprint density at radius 3 is 1.46 bits per heavy atom. The average Bonchev–Trinajstić information content (AvgIpc) is 3.95. The van der Waals surface area contributed by atoms with Gasteiger partial charge in [-0.05, 0) is 95.5 Å². The highest BCUT2D eigenvalue weighted by Gasteiger charge is 2.26. The van der Waals surface area contributed by atoms with Crippen LogP contribution in [0.4, 0.5) is 0 Å². The fourth-order valence-electron chi connectivity index (χ4n) is 5.51. The quantitative estimate of drug-likeness (QED) is 0.0964. The summed E-state index contributed by atoms with van der Waals surface area (Å²) in [5.41, 5.74) is 3.91. The molecule has 52 heavy (non-hydrogen) atoms. The Kier molecular flexibility index (Phi) is 16.1. The number of phenols is 2. The standard InChI is InChI=1S/C20H26O3.C18H20O3.C7H16O/c1-14(2)19(22)13-23-18-10-6-8-16(12-18)20(3,4)15-7-5-9-17(21)11-15;1-18(2,13-5-3-7-15(19)9-13)14-6-4-8-16(10-14)20-11-17-12-21-17;1-4-7(8)5-6(2)3/h5-12,14,19,21-22H,13H2,1-4H3;3-10,17,19H,11-12H2,1-2H3;6-8H,4-5H2,1-3H3. The first-order chi connectivity index (χ1) is 24.5. The maximum atomic E-state index is 9.87. The molecule has 284 valence electrons. The largest absolute Gasteiger partial charge is 0.508 e. The Hall–Kier alpha value is -4.04. The number of rotatable bonds is 14. The minimum absolute atomic E-state index is 0.0741. The van der Waals surface area contributed by atoms with E-state index in [2.05, 4.69) is 59.7 Å². The van der Waals surface area contributed by atoms with Crippen LogP contribution in [0.5, 0.6) is 23.0 Å². The van der Waals surface area contributed by atoms with Crippen molar-refractivity contribution < 1.29 is 34.6 Å². The Morgan fingerprint density at radius 2 is 1.10 bits per heavy atom. The molecular formula is C45H62O7. The van der Waals surface area contributed by atoms with E-state index in [1.54, 1.807) is 18.2 Å². The summed E-state index contributed by atoms with van der Waals surface area (Å²) in [5, 5.41) is 38.3. The zero-order chi connectivity index (χ0) is 38.5. The van der Waals surface area contributed by atoms with Gasteiger partial charge in [0.05, 0.1) is 18.8 Å². The summed E-state index contributed by atoms with van der Waals surface area (Å²) in [4.78, 5) is 0. The predicted octanol–water partition coefficient (Wildman–Crippen LogP) is 9.41. The third-order valence-corrected chi connectivity index (χ3v) is 9.49. The lowest BCUT2D eigenvalue weighted by atomic mass is 9.78. The lowest BCUT2D eigenvalue weighted by molar-refractivity contribution is 0.0701. The fraction of sp³-hybridized carbons (Fsp3) is 0.467. The topological polar surface area (TPSA) is 112 Å². The summed E-state index contributed by atoms with van der Waals surface area (Å²) in [6.45, 7) is 20.4. The zero-order valence-electron chi connectivity index (χ0n) is 32.7. The molecule has 4 aromatic carbocycles. The molecule has 1 heterocycles. The van der Waals surface area contributed by atoms with Gasteiger partial charge in [-0.2, -0.15) is 0 Å². The van der Waals surface area contributed by atoms with Crippen molar-refractivity contribution in [2.75, 3.05) is 19.8 Å². The first-order valence-corrected chi connectivity index (χ1v) is 18.6. The highest BCUT2D eigenvalue weighted by molar-refractivity contribution is 5.44. The molecule has 1 aliphatic rings. The van der Waals surface area contributed by atoms with Gasteiger partial charge >= 0.3 is 0 Å². The summed E-state index contributed by atoms with van der Waals surface area (Å²) in [5.74, 6) is 2.96. The van der Waals surface area contributed by atoms with Crippen LogP contribution in [0.2, 0.25) is 0 Å². The molecule has 1 saturated heterocycles. The number of ether oxygens (including phenoxy) is 3. The molecule has 0 aromatic heterocycles. The third kappa shape index (κ3) is 13.5. The monoisotopic (exact) mass is 714 g/mol. The molecule has 1 aliphatic heterocycles. The number of phenolic OH excluding ortho intramolecular Hbond substituents is 2. The second kappa shape index (κ2) is 19.7. The molecule has 4 N–H and O–H groups in total. The highest BCUT2D eigenvalue weighted by Crippen LogP contribution is 2.36. The fourth-order valence-corrected chi connectivity index (χ4v) is 5.51. The number of aromatic hydroxyl groups is 2. The maximum absolute atomic E-state index is 9.87. The highest BCUT2D eigenvalue weighted by atomic mass is 16.6. The molecule has 0 saturated carbocycles. The molecule has 1 fully saturated rings. The number of aliphatic hydroxyl groups excluding tert-OH is 2.